The number of aryl methyl sites for hydroxylation is 1. The Balaban J connectivity index is 1.87. The normalized spacial score (nSPS) is 18.0. The quantitative estimate of drug-likeness (QED) is 0.819. The van der Waals surface area contributed by atoms with Gasteiger partial charge in [0.15, 0.2) is 0 Å². The van der Waals surface area contributed by atoms with E-state index in [2.05, 4.69) is 9.88 Å². The smallest absolute Gasteiger partial charge is 0.329 e. The number of hydrogen-bond donors (Lipinski definition) is 2. The SMILES string of the molecule is Cc1ccc(O)c(CN2CC(C)(OCC(=O)O)C2)n1. The van der Waals surface area contributed by atoms with Crippen LogP contribution < -0.4 is 0 Å². The van der Waals surface area contributed by atoms with Crippen molar-refractivity contribution in [2.75, 3.05) is 19.7 Å². The number of aromatic nitrogens is 1. The number of carbonyl (C=O) groups is 1. The number of nitrogens with zero attached hydrogens (tertiary/aromatic N) is 2. The van der Waals surface area contributed by atoms with Crippen molar-refractivity contribution in [3.63, 3.8) is 0 Å². The van der Waals surface area contributed by atoms with E-state index in [4.69, 9.17) is 9.84 Å². The lowest BCUT2D eigenvalue weighted by molar-refractivity contribution is -0.165. The summed E-state index contributed by atoms with van der Waals surface area (Å²) in [5, 5.41) is 18.3. The van der Waals surface area contributed by atoms with Crippen LogP contribution in [0.1, 0.15) is 18.3 Å². The largest absolute Gasteiger partial charge is 0.506 e. The van der Waals surface area contributed by atoms with E-state index in [9.17, 15) is 9.90 Å². The van der Waals surface area contributed by atoms with E-state index in [0.29, 0.717) is 25.3 Å². The van der Waals surface area contributed by atoms with Crippen LogP contribution in [0.2, 0.25) is 0 Å². The molecule has 0 atom stereocenters. The van der Waals surface area contributed by atoms with Gasteiger partial charge in [-0.3, -0.25) is 9.88 Å². The van der Waals surface area contributed by atoms with E-state index in [1.807, 2.05) is 13.8 Å². The summed E-state index contributed by atoms with van der Waals surface area (Å²) in [5.41, 5.74) is 1.08. The molecule has 6 nitrogen and oxygen atoms in total. The van der Waals surface area contributed by atoms with E-state index in [1.165, 1.54) is 0 Å². The Morgan fingerprint density at radius 2 is 2.21 bits per heavy atom. The molecule has 1 fully saturated rings. The molecule has 0 amide bonds. The minimum atomic E-state index is -0.960. The van der Waals surface area contributed by atoms with Gasteiger partial charge in [0.25, 0.3) is 0 Å². The number of carboxylic acids is 1. The molecule has 0 aliphatic carbocycles. The number of hydrogen-bond acceptors (Lipinski definition) is 5. The molecule has 0 aromatic carbocycles. The highest BCUT2D eigenvalue weighted by atomic mass is 16.5. The molecular weight excluding hydrogens is 248 g/mol. The maximum absolute atomic E-state index is 10.5. The second-order valence-corrected chi connectivity index (χ2v) is 5.20. The van der Waals surface area contributed by atoms with Crippen LogP contribution in [0.4, 0.5) is 0 Å². The highest BCUT2D eigenvalue weighted by Gasteiger charge is 2.40. The summed E-state index contributed by atoms with van der Waals surface area (Å²) in [6.07, 6.45) is 0. The Hall–Kier alpha value is -1.66. The number of ether oxygens (including phenoxy) is 1. The van der Waals surface area contributed by atoms with Crippen LogP contribution in [-0.2, 0) is 16.1 Å². The predicted molar refractivity (Wildman–Crippen MR) is 67.9 cm³/mol. The van der Waals surface area contributed by atoms with Crippen LogP contribution in [0.25, 0.3) is 0 Å². The molecule has 1 saturated heterocycles. The number of pyridine rings is 1. The first-order valence-corrected chi connectivity index (χ1v) is 6.11. The zero-order valence-corrected chi connectivity index (χ0v) is 11.1. The van der Waals surface area contributed by atoms with Crippen LogP contribution in [0.15, 0.2) is 12.1 Å². The second-order valence-electron chi connectivity index (χ2n) is 5.20. The Morgan fingerprint density at radius 1 is 1.53 bits per heavy atom. The Bertz CT molecular complexity index is 484. The molecule has 1 aromatic heterocycles. The molecule has 104 valence electrons. The number of likely N-dealkylation sites (tertiary alicyclic amines) is 1. The van der Waals surface area contributed by atoms with E-state index in [-0.39, 0.29) is 12.4 Å². The van der Waals surface area contributed by atoms with Crippen LogP contribution in [0.3, 0.4) is 0 Å². The number of aromatic hydroxyl groups is 1. The average molecular weight is 266 g/mol. The van der Waals surface area contributed by atoms with Gasteiger partial charge in [0.05, 0.1) is 11.3 Å². The average Bonchev–Trinajstić information content (AvgIpc) is 2.29. The highest BCUT2D eigenvalue weighted by Crippen LogP contribution is 2.27. The third-order valence-corrected chi connectivity index (χ3v) is 3.12. The lowest BCUT2D eigenvalue weighted by atomic mass is 9.96. The fourth-order valence-electron chi connectivity index (χ4n) is 2.27. The van der Waals surface area contributed by atoms with Gasteiger partial charge in [-0.25, -0.2) is 4.79 Å². The third-order valence-electron chi connectivity index (χ3n) is 3.12. The van der Waals surface area contributed by atoms with Crippen molar-refractivity contribution in [1.29, 1.82) is 0 Å². The Morgan fingerprint density at radius 3 is 2.84 bits per heavy atom. The lowest BCUT2D eigenvalue weighted by Crippen LogP contribution is -2.61. The molecule has 0 saturated carbocycles. The molecule has 2 rings (SSSR count). The van der Waals surface area contributed by atoms with Gasteiger partial charge >= 0.3 is 5.97 Å². The first-order valence-electron chi connectivity index (χ1n) is 6.11. The third kappa shape index (κ3) is 3.42. The van der Waals surface area contributed by atoms with Crippen LogP contribution in [0.5, 0.6) is 5.75 Å². The van der Waals surface area contributed by atoms with Crippen molar-refractivity contribution in [3.8, 4) is 5.75 Å². The molecule has 1 aromatic rings. The van der Waals surface area contributed by atoms with Gasteiger partial charge in [0.1, 0.15) is 12.4 Å². The van der Waals surface area contributed by atoms with Gasteiger partial charge in [-0.2, -0.15) is 0 Å². The summed E-state index contributed by atoms with van der Waals surface area (Å²) in [6, 6.07) is 3.40. The van der Waals surface area contributed by atoms with Gasteiger partial charge < -0.3 is 14.9 Å². The Labute approximate surface area is 111 Å². The van der Waals surface area contributed by atoms with E-state index < -0.39 is 11.6 Å². The summed E-state index contributed by atoms with van der Waals surface area (Å²) in [7, 11) is 0. The molecule has 2 heterocycles. The van der Waals surface area contributed by atoms with Crippen molar-refractivity contribution >= 4 is 5.97 Å². The molecule has 2 N–H and O–H groups in total. The van der Waals surface area contributed by atoms with Crippen molar-refractivity contribution in [1.82, 2.24) is 9.88 Å². The minimum absolute atomic E-state index is 0.186. The summed E-state index contributed by atoms with van der Waals surface area (Å²) >= 11 is 0. The topological polar surface area (TPSA) is 82.9 Å². The van der Waals surface area contributed by atoms with Gasteiger partial charge in [-0.1, -0.05) is 0 Å². The summed E-state index contributed by atoms with van der Waals surface area (Å²) in [5.74, 6) is -0.775. The van der Waals surface area contributed by atoms with Gasteiger partial charge in [-0.05, 0) is 26.0 Å². The molecule has 0 spiro atoms. The lowest BCUT2D eigenvalue weighted by Gasteiger charge is -2.47. The molecule has 1 aliphatic heterocycles. The van der Waals surface area contributed by atoms with Crippen molar-refractivity contribution in [2.45, 2.75) is 26.0 Å². The molecule has 1 aliphatic rings. The number of carboxylic acid groups (broad SMARTS) is 1. The molecule has 6 heteroatoms. The molecule has 0 unspecified atom stereocenters. The summed E-state index contributed by atoms with van der Waals surface area (Å²) < 4.78 is 5.32. The zero-order chi connectivity index (χ0) is 14.0. The molecule has 0 bridgehead atoms. The van der Waals surface area contributed by atoms with Crippen LogP contribution in [0, 0.1) is 6.92 Å². The maximum Gasteiger partial charge on any atom is 0.329 e. The number of rotatable bonds is 5. The van der Waals surface area contributed by atoms with Gasteiger partial charge in [-0.15, -0.1) is 0 Å². The first kappa shape index (κ1) is 13.8. The Kier molecular flexibility index (Phi) is 3.73. The van der Waals surface area contributed by atoms with Crippen molar-refractivity contribution in [2.24, 2.45) is 0 Å². The highest BCUT2D eigenvalue weighted by molar-refractivity contribution is 5.68. The maximum atomic E-state index is 10.5. The summed E-state index contributed by atoms with van der Waals surface area (Å²) in [4.78, 5) is 16.8. The van der Waals surface area contributed by atoms with E-state index in [1.54, 1.807) is 12.1 Å². The minimum Gasteiger partial charge on any atom is -0.506 e. The monoisotopic (exact) mass is 266 g/mol. The standard InChI is InChI=1S/C13H18N2O4/c1-9-3-4-11(16)10(14-9)5-15-7-13(2,8-15)19-6-12(17)18/h3-4,16H,5-8H2,1-2H3,(H,17,18). The fraction of sp³-hybridized carbons (Fsp3) is 0.538. The van der Waals surface area contributed by atoms with Gasteiger partial charge in [0, 0.05) is 25.3 Å². The van der Waals surface area contributed by atoms with E-state index in [0.717, 1.165) is 5.69 Å². The van der Waals surface area contributed by atoms with Gasteiger partial charge in [0.2, 0.25) is 0 Å². The molecule has 0 radical (unpaired) electrons. The first-order chi connectivity index (χ1) is 8.88. The van der Waals surface area contributed by atoms with E-state index >= 15 is 0 Å². The van der Waals surface area contributed by atoms with Crippen molar-refractivity contribution < 1.29 is 19.7 Å². The molecule has 19 heavy (non-hydrogen) atoms. The second kappa shape index (κ2) is 5.14. The number of aliphatic carboxylic acids is 1. The predicted octanol–water partition coefficient (Wildman–Crippen LogP) is 0.771. The van der Waals surface area contributed by atoms with Crippen LogP contribution in [-0.4, -0.2) is 51.4 Å². The van der Waals surface area contributed by atoms with Crippen molar-refractivity contribution in [3.05, 3.63) is 23.5 Å². The fourth-order valence-corrected chi connectivity index (χ4v) is 2.27. The van der Waals surface area contributed by atoms with Crippen LogP contribution >= 0.6 is 0 Å². The summed E-state index contributed by atoms with van der Waals surface area (Å²) in [6.45, 7) is 5.29. The zero-order valence-electron chi connectivity index (χ0n) is 11.1. The molecular formula is C13H18N2O4.